The fraction of sp³-hybridized carbons (Fsp3) is 0.111. The highest BCUT2D eigenvalue weighted by molar-refractivity contribution is 6.03. The highest BCUT2D eigenvalue weighted by Crippen LogP contribution is 2.08. The van der Waals surface area contributed by atoms with Crippen LogP contribution in [0.5, 0.6) is 0 Å². The van der Waals surface area contributed by atoms with Gasteiger partial charge in [0.25, 0.3) is 5.91 Å². The molecule has 4 heteroatoms. The largest absolute Gasteiger partial charge is 0.461 e. The minimum absolute atomic E-state index is 0.113. The van der Waals surface area contributed by atoms with Gasteiger partial charge in [-0.1, -0.05) is 48.5 Å². The molecule has 112 valence electrons. The van der Waals surface area contributed by atoms with Crippen molar-refractivity contribution in [3.63, 3.8) is 0 Å². The Balaban J connectivity index is 2.24. The topological polar surface area (TPSA) is 55.4 Å². The summed E-state index contributed by atoms with van der Waals surface area (Å²) in [6.45, 7) is 1.96. The number of carbonyl (C=O) groups is 2. The van der Waals surface area contributed by atoms with Crippen LogP contribution in [0.25, 0.3) is 6.08 Å². The summed E-state index contributed by atoms with van der Waals surface area (Å²) in [4.78, 5) is 24.2. The second-order valence-corrected chi connectivity index (χ2v) is 4.51. The van der Waals surface area contributed by atoms with Gasteiger partial charge in [0.1, 0.15) is 5.70 Å². The zero-order valence-corrected chi connectivity index (χ0v) is 12.3. The molecule has 4 nitrogen and oxygen atoms in total. The molecule has 1 N–H and O–H groups in total. The van der Waals surface area contributed by atoms with E-state index in [9.17, 15) is 9.59 Å². The van der Waals surface area contributed by atoms with Crippen molar-refractivity contribution in [3.05, 3.63) is 77.5 Å². The van der Waals surface area contributed by atoms with Crippen LogP contribution in [-0.2, 0) is 9.53 Å². The van der Waals surface area contributed by atoms with E-state index in [1.807, 2.05) is 36.4 Å². The fourth-order valence-electron chi connectivity index (χ4n) is 1.85. The summed E-state index contributed by atoms with van der Waals surface area (Å²) in [5, 5.41) is 2.61. The average molecular weight is 295 g/mol. The number of esters is 1. The molecule has 0 aliphatic rings. The predicted molar refractivity (Wildman–Crippen MR) is 85.0 cm³/mol. The van der Waals surface area contributed by atoms with E-state index in [0.717, 1.165) is 5.56 Å². The normalized spacial score (nSPS) is 10.9. The number of ether oxygens (including phenoxy) is 1. The third-order valence-electron chi connectivity index (χ3n) is 2.89. The highest BCUT2D eigenvalue weighted by atomic mass is 16.5. The number of carbonyl (C=O) groups excluding carboxylic acids is 2. The van der Waals surface area contributed by atoms with E-state index in [1.165, 1.54) is 0 Å². The van der Waals surface area contributed by atoms with E-state index < -0.39 is 5.97 Å². The minimum Gasteiger partial charge on any atom is -0.461 e. The maximum Gasteiger partial charge on any atom is 0.354 e. The number of rotatable bonds is 5. The Labute approximate surface area is 129 Å². The molecule has 2 aromatic rings. The first-order valence-electron chi connectivity index (χ1n) is 7.01. The van der Waals surface area contributed by atoms with Gasteiger partial charge in [0.2, 0.25) is 0 Å². The van der Waals surface area contributed by atoms with Gasteiger partial charge < -0.3 is 10.1 Å². The van der Waals surface area contributed by atoms with Gasteiger partial charge in [-0.05, 0) is 30.7 Å². The minimum atomic E-state index is -0.560. The second kappa shape index (κ2) is 7.78. The van der Waals surface area contributed by atoms with Crippen LogP contribution in [0.2, 0.25) is 0 Å². The van der Waals surface area contributed by atoms with Crippen LogP contribution in [0.15, 0.2) is 66.4 Å². The van der Waals surface area contributed by atoms with Gasteiger partial charge in [-0.15, -0.1) is 0 Å². The standard InChI is InChI=1S/C18H17NO3/c1-2-22-18(21)16(13-14-9-5-3-6-10-14)19-17(20)15-11-7-4-8-12-15/h3-13H,2H2,1H3,(H,19,20)/b16-13-. The summed E-state index contributed by atoms with van der Waals surface area (Å²) in [6, 6.07) is 18.0. The van der Waals surface area contributed by atoms with Crippen molar-refractivity contribution < 1.29 is 14.3 Å². The smallest absolute Gasteiger partial charge is 0.354 e. The Morgan fingerprint density at radius 3 is 2.18 bits per heavy atom. The van der Waals surface area contributed by atoms with Crippen LogP contribution < -0.4 is 5.32 Å². The molecule has 0 aliphatic carbocycles. The lowest BCUT2D eigenvalue weighted by molar-refractivity contribution is -0.138. The van der Waals surface area contributed by atoms with Gasteiger partial charge >= 0.3 is 5.97 Å². The maximum absolute atomic E-state index is 12.2. The molecule has 1 amide bonds. The number of hydrogen-bond acceptors (Lipinski definition) is 3. The van der Waals surface area contributed by atoms with E-state index in [-0.39, 0.29) is 18.2 Å². The first-order chi connectivity index (χ1) is 10.7. The monoisotopic (exact) mass is 295 g/mol. The molecule has 0 heterocycles. The average Bonchev–Trinajstić information content (AvgIpc) is 2.56. The Morgan fingerprint density at radius 2 is 1.59 bits per heavy atom. The quantitative estimate of drug-likeness (QED) is 0.681. The van der Waals surface area contributed by atoms with Crippen molar-refractivity contribution in [1.82, 2.24) is 5.32 Å². The van der Waals surface area contributed by atoms with Crippen LogP contribution in [-0.4, -0.2) is 18.5 Å². The molecule has 2 rings (SSSR count). The Morgan fingerprint density at radius 1 is 1.00 bits per heavy atom. The van der Waals surface area contributed by atoms with Crippen LogP contribution in [0.4, 0.5) is 0 Å². The Hall–Kier alpha value is -2.88. The maximum atomic E-state index is 12.2. The van der Waals surface area contributed by atoms with Crippen molar-refractivity contribution in [2.45, 2.75) is 6.92 Å². The fourth-order valence-corrected chi connectivity index (χ4v) is 1.85. The van der Waals surface area contributed by atoms with E-state index in [2.05, 4.69) is 5.32 Å². The van der Waals surface area contributed by atoms with Crippen molar-refractivity contribution in [1.29, 1.82) is 0 Å². The zero-order chi connectivity index (χ0) is 15.8. The number of amides is 1. The third-order valence-corrected chi connectivity index (χ3v) is 2.89. The summed E-state index contributed by atoms with van der Waals surface area (Å²) in [5.41, 5.74) is 1.39. The van der Waals surface area contributed by atoms with Crippen molar-refractivity contribution in [3.8, 4) is 0 Å². The molecule has 0 radical (unpaired) electrons. The van der Waals surface area contributed by atoms with Gasteiger partial charge in [-0.3, -0.25) is 4.79 Å². The van der Waals surface area contributed by atoms with Crippen molar-refractivity contribution in [2.75, 3.05) is 6.61 Å². The summed E-state index contributed by atoms with van der Waals surface area (Å²) in [7, 11) is 0. The predicted octanol–water partition coefficient (Wildman–Crippen LogP) is 3.02. The van der Waals surface area contributed by atoms with Gasteiger partial charge in [0.15, 0.2) is 0 Å². The Bertz CT molecular complexity index is 663. The van der Waals surface area contributed by atoms with Crippen LogP contribution in [0.3, 0.4) is 0 Å². The molecule has 0 spiro atoms. The van der Waals surface area contributed by atoms with Gasteiger partial charge in [-0.2, -0.15) is 0 Å². The van der Waals surface area contributed by atoms with Crippen molar-refractivity contribution in [2.24, 2.45) is 0 Å². The summed E-state index contributed by atoms with van der Waals surface area (Å²) in [5.74, 6) is -0.911. The number of benzene rings is 2. The molecule has 0 atom stereocenters. The molecule has 0 bridgehead atoms. The summed E-state index contributed by atoms with van der Waals surface area (Å²) < 4.78 is 4.99. The van der Waals surface area contributed by atoms with E-state index in [1.54, 1.807) is 37.3 Å². The van der Waals surface area contributed by atoms with E-state index in [0.29, 0.717) is 5.56 Å². The molecule has 0 unspecified atom stereocenters. The van der Waals surface area contributed by atoms with E-state index in [4.69, 9.17) is 4.74 Å². The lowest BCUT2D eigenvalue weighted by Gasteiger charge is -2.09. The molecular weight excluding hydrogens is 278 g/mol. The van der Waals surface area contributed by atoms with Crippen molar-refractivity contribution >= 4 is 18.0 Å². The molecule has 22 heavy (non-hydrogen) atoms. The lowest BCUT2D eigenvalue weighted by atomic mass is 10.1. The molecule has 0 aromatic heterocycles. The van der Waals surface area contributed by atoms with Gasteiger partial charge in [0, 0.05) is 5.56 Å². The summed E-state index contributed by atoms with van der Waals surface area (Å²) in [6.07, 6.45) is 1.60. The Kier molecular flexibility index (Phi) is 5.49. The summed E-state index contributed by atoms with van der Waals surface area (Å²) >= 11 is 0. The van der Waals surface area contributed by atoms with Crippen LogP contribution >= 0.6 is 0 Å². The van der Waals surface area contributed by atoms with E-state index >= 15 is 0 Å². The zero-order valence-electron chi connectivity index (χ0n) is 12.3. The molecule has 0 aliphatic heterocycles. The first-order valence-corrected chi connectivity index (χ1v) is 7.01. The molecular formula is C18H17NO3. The van der Waals surface area contributed by atoms with Gasteiger partial charge in [0.05, 0.1) is 6.61 Å². The first kappa shape index (κ1) is 15.5. The van der Waals surface area contributed by atoms with Crippen LogP contribution in [0, 0.1) is 0 Å². The molecule has 0 fully saturated rings. The highest BCUT2D eigenvalue weighted by Gasteiger charge is 2.15. The number of hydrogen-bond donors (Lipinski definition) is 1. The van der Waals surface area contributed by atoms with Gasteiger partial charge in [-0.25, -0.2) is 4.79 Å². The third kappa shape index (κ3) is 4.31. The SMILES string of the molecule is CCOC(=O)/C(=C/c1ccccc1)NC(=O)c1ccccc1. The second-order valence-electron chi connectivity index (χ2n) is 4.51. The molecule has 0 saturated carbocycles. The number of nitrogens with one attached hydrogen (secondary N) is 1. The molecule has 0 saturated heterocycles. The molecule has 2 aromatic carbocycles. The lowest BCUT2D eigenvalue weighted by Crippen LogP contribution is -2.28. The van der Waals surface area contributed by atoms with Crippen LogP contribution in [0.1, 0.15) is 22.8 Å².